The Kier molecular flexibility index (Phi) is 5.34. The summed E-state index contributed by atoms with van der Waals surface area (Å²) < 4.78 is 64.0. The monoisotopic (exact) mass is 365 g/mol. The van der Waals surface area contributed by atoms with E-state index in [1.807, 2.05) is 20.8 Å². The second-order valence-corrected chi connectivity index (χ2v) is 6.75. The number of carbonyl (C=O) groups excluding carboxylic acids is 1. The molecule has 1 aliphatic carbocycles. The van der Waals surface area contributed by atoms with Crippen LogP contribution >= 0.6 is 0 Å². The van der Waals surface area contributed by atoms with Crippen molar-refractivity contribution < 1.29 is 36.6 Å². The molecule has 1 amide bonds. The van der Waals surface area contributed by atoms with Crippen LogP contribution in [0.5, 0.6) is 11.5 Å². The topological polar surface area (TPSA) is 56.8 Å². The number of hydrogen-bond acceptors (Lipinski definition) is 4. The largest absolute Gasteiger partial charge is 0.573 e. The number of alkyl halides is 3. The van der Waals surface area contributed by atoms with Crippen molar-refractivity contribution in [3.8, 4) is 11.5 Å². The molecule has 1 aromatic carbocycles. The number of carbonyl (C=O) groups is 1. The first-order valence-corrected chi connectivity index (χ1v) is 7.62. The lowest BCUT2D eigenvalue weighted by atomic mass is 9.92. The predicted molar refractivity (Wildman–Crippen MR) is 79.9 cm³/mol. The van der Waals surface area contributed by atoms with E-state index in [9.17, 15) is 22.4 Å². The third-order valence-electron chi connectivity index (χ3n) is 3.23. The maximum Gasteiger partial charge on any atom is 0.573 e. The first-order chi connectivity index (χ1) is 11.4. The number of ether oxygens (including phenoxy) is 3. The van der Waals surface area contributed by atoms with E-state index in [1.54, 1.807) is 0 Å². The molecule has 1 fully saturated rings. The number of rotatable bonds is 4. The Balaban J connectivity index is 1.79. The zero-order valence-corrected chi connectivity index (χ0v) is 13.9. The summed E-state index contributed by atoms with van der Waals surface area (Å²) >= 11 is 0. The molecule has 2 rings (SSSR count). The molecule has 1 aromatic rings. The van der Waals surface area contributed by atoms with E-state index in [0.29, 0.717) is 12.8 Å². The van der Waals surface area contributed by atoms with Gasteiger partial charge in [-0.25, -0.2) is 9.18 Å². The SMILES string of the molecule is CC(C)(C)NC(=O)OC1CC(Oc2ccc(OC(F)(F)F)c(F)c2)C1. The average molecular weight is 365 g/mol. The first-order valence-electron chi connectivity index (χ1n) is 7.62. The van der Waals surface area contributed by atoms with Gasteiger partial charge in [0.15, 0.2) is 11.6 Å². The molecular formula is C16H19F4NO4. The van der Waals surface area contributed by atoms with Crippen LogP contribution in [0.15, 0.2) is 18.2 Å². The normalized spacial score (nSPS) is 20.4. The minimum atomic E-state index is -4.96. The maximum absolute atomic E-state index is 13.6. The van der Waals surface area contributed by atoms with E-state index < -0.39 is 29.6 Å². The van der Waals surface area contributed by atoms with Crippen LogP contribution in [0.4, 0.5) is 22.4 Å². The third kappa shape index (κ3) is 6.32. The van der Waals surface area contributed by atoms with Gasteiger partial charge in [0.05, 0.1) is 0 Å². The van der Waals surface area contributed by atoms with Crippen molar-refractivity contribution in [3.05, 3.63) is 24.0 Å². The van der Waals surface area contributed by atoms with Gasteiger partial charge in [0, 0.05) is 24.4 Å². The molecule has 0 spiro atoms. The van der Waals surface area contributed by atoms with Gasteiger partial charge in [-0.1, -0.05) is 0 Å². The van der Waals surface area contributed by atoms with Gasteiger partial charge < -0.3 is 19.5 Å². The second-order valence-electron chi connectivity index (χ2n) is 6.75. The van der Waals surface area contributed by atoms with E-state index in [0.717, 1.165) is 12.1 Å². The Bertz CT molecular complexity index is 622. The summed E-state index contributed by atoms with van der Waals surface area (Å²) in [5.74, 6) is -2.02. The van der Waals surface area contributed by atoms with Crippen molar-refractivity contribution in [2.45, 2.75) is 57.7 Å². The molecule has 0 saturated heterocycles. The summed E-state index contributed by atoms with van der Waals surface area (Å²) in [6, 6.07) is 2.85. The van der Waals surface area contributed by atoms with Crippen LogP contribution in [0, 0.1) is 5.82 Å². The predicted octanol–water partition coefficient (Wildman–Crippen LogP) is 4.16. The maximum atomic E-state index is 13.6. The fourth-order valence-electron chi connectivity index (χ4n) is 2.15. The fraction of sp³-hybridized carbons (Fsp3) is 0.562. The smallest absolute Gasteiger partial charge is 0.490 e. The molecule has 9 heteroatoms. The number of hydrogen-bond donors (Lipinski definition) is 1. The van der Waals surface area contributed by atoms with E-state index >= 15 is 0 Å². The lowest BCUT2D eigenvalue weighted by molar-refractivity contribution is -0.275. The molecule has 0 aromatic heterocycles. The number of amides is 1. The molecule has 0 atom stereocenters. The Hall–Kier alpha value is -2.19. The molecule has 25 heavy (non-hydrogen) atoms. The molecule has 140 valence electrons. The Morgan fingerprint density at radius 1 is 1.16 bits per heavy atom. The molecular weight excluding hydrogens is 346 g/mol. The van der Waals surface area contributed by atoms with Crippen LogP contribution in [0.25, 0.3) is 0 Å². The molecule has 0 unspecified atom stereocenters. The Morgan fingerprint density at radius 3 is 2.32 bits per heavy atom. The van der Waals surface area contributed by atoms with E-state index in [4.69, 9.17) is 9.47 Å². The molecule has 1 N–H and O–H groups in total. The van der Waals surface area contributed by atoms with Crippen molar-refractivity contribution in [2.75, 3.05) is 0 Å². The second kappa shape index (κ2) is 6.97. The highest BCUT2D eigenvalue weighted by Crippen LogP contribution is 2.32. The van der Waals surface area contributed by atoms with Crippen molar-refractivity contribution in [3.63, 3.8) is 0 Å². The van der Waals surface area contributed by atoms with E-state index in [-0.39, 0.29) is 18.0 Å². The number of benzene rings is 1. The van der Waals surface area contributed by atoms with Gasteiger partial charge in [0.2, 0.25) is 0 Å². The van der Waals surface area contributed by atoms with Gasteiger partial charge >= 0.3 is 12.5 Å². The van der Waals surface area contributed by atoms with Crippen molar-refractivity contribution >= 4 is 6.09 Å². The standard InChI is InChI=1S/C16H19F4NO4/c1-15(2,3)21-14(22)24-11-6-10(7-11)23-9-4-5-13(12(17)8-9)25-16(18,19)20/h4-5,8,10-11H,6-7H2,1-3H3,(H,21,22). The highest BCUT2D eigenvalue weighted by Gasteiger charge is 2.35. The Morgan fingerprint density at radius 2 is 1.80 bits per heavy atom. The highest BCUT2D eigenvalue weighted by atomic mass is 19.4. The third-order valence-corrected chi connectivity index (χ3v) is 3.23. The van der Waals surface area contributed by atoms with Crippen LogP contribution in [0.3, 0.4) is 0 Å². The summed E-state index contributed by atoms with van der Waals surface area (Å²) in [7, 11) is 0. The minimum absolute atomic E-state index is 0.0783. The van der Waals surface area contributed by atoms with Gasteiger partial charge in [-0.05, 0) is 32.9 Å². The van der Waals surface area contributed by atoms with Gasteiger partial charge in [-0.2, -0.15) is 0 Å². The molecule has 0 heterocycles. The zero-order chi connectivity index (χ0) is 18.8. The van der Waals surface area contributed by atoms with Crippen molar-refractivity contribution in [2.24, 2.45) is 0 Å². The van der Waals surface area contributed by atoms with Crippen LogP contribution in [-0.4, -0.2) is 30.2 Å². The first kappa shape index (κ1) is 19.1. The summed E-state index contributed by atoms with van der Waals surface area (Å²) in [6.45, 7) is 5.46. The number of nitrogens with one attached hydrogen (secondary N) is 1. The van der Waals surface area contributed by atoms with Gasteiger partial charge in [0.25, 0.3) is 0 Å². The summed E-state index contributed by atoms with van der Waals surface area (Å²) in [4.78, 5) is 11.6. The molecule has 0 bridgehead atoms. The number of halogens is 4. The molecule has 0 radical (unpaired) electrons. The Labute approximate surface area is 142 Å². The zero-order valence-electron chi connectivity index (χ0n) is 13.9. The van der Waals surface area contributed by atoms with E-state index in [2.05, 4.69) is 10.1 Å². The lowest BCUT2D eigenvalue weighted by Crippen LogP contribution is -2.46. The fourth-order valence-corrected chi connectivity index (χ4v) is 2.15. The summed E-state index contributed by atoms with van der Waals surface area (Å²) in [5.41, 5.74) is -0.408. The summed E-state index contributed by atoms with van der Waals surface area (Å²) in [6.07, 6.45) is -5.28. The highest BCUT2D eigenvalue weighted by molar-refractivity contribution is 5.68. The quantitative estimate of drug-likeness (QED) is 0.814. The van der Waals surface area contributed by atoms with Crippen LogP contribution in [0.2, 0.25) is 0 Å². The lowest BCUT2D eigenvalue weighted by Gasteiger charge is -2.35. The average Bonchev–Trinajstić information content (AvgIpc) is 2.35. The van der Waals surface area contributed by atoms with Crippen molar-refractivity contribution in [1.82, 2.24) is 5.32 Å². The van der Waals surface area contributed by atoms with Gasteiger partial charge in [-0.3, -0.25) is 0 Å². The molecule has 5 nitrogen and oxygen atoms in total. The van der Waals surface area contributed by atoms with Crippen LogP contribution < -0.4 is 14.8 Å². The molecule has 1 saturated carbocycles. The van der Waals surface area contributed by atoms with Crippen LogP contribution in [0.1, 0.15) is 33.6 Å². The van der Waals surface area contributed by atoms with Gasteiger partial charge in [-0.15, -0.1) is 13.2 Å². The number of alkyl carbamates (subject to hydrolysis) is 1. The molecule has 1 aliphatic rings. The van der Waals surface area contributed by atoms with Crippen LogP contribution in [-0.2, 0) is 4.74 Å². The molecule has 0 aliphatic heterocycles. The summed E-state index contributed by atoms with van der Waals surface area (Å²) in [5, 5.41) is 2.66. The van der Waals surface area contributed by atoms with E-state index in [1.165, 1.54) is 6.07 Å². The minimum Gasteiger partial charge on any atom is -0.490 e. The van der Waals surface area contributed by atoms with Gasteiger partial charge in [0.1, 0.15) is 18.0 Å². The van der Waals surface area contributed by atoms with Crippen molar-refractivity contribution in [1.29, 1.82) is 0 Å².